The SMILES string of the molecule is CCC[C@@H](C)NC(=O)CN(c1cc(C)cc(C)c1)S(C)(=O)=O. The van der Waals surface area contributed by atoms with E-state index in [0.717, 1.165) is 34.5 Å². The van der Waals surface area contributed by atoms with Gasteiger partial charge in [-0.15, -0.1) is 0 Å². The van der Waals surface area contributed by atoms with E-state index in [0.29, 0.717) is 5.69 Å². The van der Waals surface area contributed by atoms with Crippen LogP contribution in [0.25, 0.3) is 0 Å². The molecule has 0 spiro atoms. The number of hydrogen-bond donors (Lipinski definition) is 1. The third-order valence-electron chi connectivity index (χ3n) is 3.31. The van der Waals surface area contributed by atoms with Crippen molar-refractivity contribution < 1.29 is 13.2 Å². The average Bonchev–Trinajstić information content (AvgIpc) is 2.33. The highest BCUT2D eigenvalue weighted by molar-refractivity contribution is 7.92. The molecule has 0 radical (unpaired) electrons. The molecular weight excluding hydrogens is 300 g/mol. The Balaban J connectivity index is 2.98. The molecule has 0 aliphatic rings. The molecule has 0 saturated carbocycles. The van der Waals surface area contributed by atoms with Crippen molar-refractivity contribution in [2.45, 2.75) is 46.6 Å². The Morgan fingerprint density at radius 2 is 1.77 bits per heavy atom. The summed E-state index contributed by atoms with van der Waals surface area (Å²) < 4.78 is 25.2. The summed E-state index contributed by atoms with van der Waals surface area (Å²) in [6.07, 6.45) is 2.95. The van der Waals surface area contributed by atoms with E-state index in [9.17, 15) is 13.2 Å². The van der Waals surface area contributed by atoms with Crippen LogP contribution in [0.5, 0.6) is 0 Å². The first-order chi connectivity index (χ1) is 10.1. The molecule has 0 fully saturated rings. The highest BCUT2D eigenvalue weighted by Gasteiger charge is 2.21. The number of sulfonamides is 1. The standard InChI is InChI=1S/C16H26N2O3S/c1-6-7-14(4)17-16(19)11-18(22(5,20)21)15-9-12(2)8-13(3)10-15/h8-10,14H,6-7,11H2,1-5H3,(H,17,19)/t14-/m1/s1. The molecule has 0 heterocycles. The van der Waals surface area contributed by atoms with Gasteiger partial charge in [0.2, 0.25) is 15.9 Å². The monoisotopic (exact) mass is 326 g/mol. The van der Waals surface area contributed by atoms with Crippen molar-refractivity contribution >= 4 is 21.6 Å². The highest BCUT2D eigenvalue weighted by Crippen LogP contribution is 2.21. The van der Waals surface area contributed by atoms with Gasteiger partial charge in [0.25, 0.3) is 0 Å². The number of anilines is 1. The second kappa shape index (κ2) is 7.63. The van der Waals surface area contributed by atoms with Crippen molar-refractivity contribution in [1.82, 2.24) is 5.32 Å². The third kappa shape index (κ3) is 5.67. The molecule has 0 bridgehead atoms. The van der Waals surface area contributed by atoms with Crippen molar-refractivity contribution in [2.75, 3.05) is 17.1 Å². The van der Waals surface area contributed by atoms with Crippen LogP contribution >= 0.6 is 0 Å². The average molecular weight is 326 g/mol. The maximum absolute atomic E-state index is 12.1. The van der Waals surface area contributed by atoms with Crippen molar-refractivity contribution in [3.63, 3.8) is 0 Å². The van der Waals surface area contributed by atoms with Gasteiger partial charge in [0.1, 0.15) is 6.54 Å². The lowest BCUT2D eigenvalue weighted by Gasteiger charge is -2.24. The van der Waals surface area contributed by atoms with Gasteiger partial charge >= 0.3 is 0 Å². The molecule has 1 N–H and O–H groups in total. The zero-order valence-corrected chi connectivity index (χ0v) is 14.8. The van der Waals surface area contributed by atoms with Crippen LogP contribution in [0.3, 0.4) is 0 Å². The maximum atomic E-state index is 12.1. The Labute approximate surface area is 133 Å². The van der Waals surface area contributed by atoms with E-state index in [-0.39, 0.29) is 18.5 Å². The Morgan fingerprint density at radius 1 is 1.23 bits per heavy atom. The van der Waals surface area contributed by atoms with Crippen LogP contribution in [-0.4, -0.2) is 33.2 Å². The smallest absolute Gasteiger partial charge is 0.240 e. The van der Waals surface area contributed by atoms with Crippen molar-refractivity contribution in [3.05, 3.63) is 29.3 Å². The fourth-order valence-electron chi connectivity index (χ4n) is 2.45. The Hall–Kier alpha value is -1.56. The van der Waals surface area contributed by atoms with Crippen LogP contribution in [0.2, 0.25) is 0 Å². The number of hydrogen-bond acceptors (Lipinski definition) is 3. The summed E-state index contributed by atoms with van der Waals surface area (Å²) in [6.45, 7) is 7.57. The zero-order chi connectivity index (χ0) is 16.9. The van der Waals surface area contributed by atoms with Gasteiger partial charge in [-0.3, -0.25) is 9.10 Å². The van der Waals surface area contributed by atoms with Gasteiger partial charge in [0.15, 0.2) is 0 Å². The predicted octanol–water partition coefficient (Wildman–Crippen LogP) is 2.37. The number of benzene rings is 1. The van der Waals surface area contributed by atoms with Crippen molar-refractivity contribution in [1.29, 1.82) is 0 Å². The number of carbonyl (C=O) groups is 1. The Bertz CT molecular complexity index is 606. The minimum Gasteiger partial charge on any atom is -0.352 e. The molecule has 1 rings (SSSR count). The van der Waals surface area contributed by atoms with E-state index in [1.54, 1.807) is 12.1 Å². The summed E-state index contributed by atoms with van der Waals surface area (Å²) in [5, 5.41) is 2.84. The van der Waals surface area contributed by atoms with Gasteiger partial charge in [0.05, 0.1) is 11.9 Å². The summed E-state index contributed by atoms with van der Waals surface area (Å²) in [5.41, 5.74) is 2.45. The lowest BCUT2D eigenvalue weighted by Crippen LogP contribution is -2.43. The quantitative estimate of drug-likeness (QED) is 0.836. The lowest BCUT2D eigenvalue weighted by atomic mass is 10.1. The van der Waals surface area contributed by atoms with Gasteiger partial charge in [-0.1, -0.05) is 19.4 Å². The molecule has 5 nitrogen and oxygen atoms in total. The second-order valence-corrected chi connectivity index (χ2v) is 7.78. The summed E-state index contributed by atoms with van der Waals surface area (Å²) in [6, 6.07) is 5.55. The zero-order valence-electron chi connectivity index (χ0n) is 14.0. The van der Waals surface area contributed by atoms with Crippen LogP contribution in [0, 0.1) is 13.8 Å². The van der Waals surface area contributed by atoms with E-state index in [1.807, 2.05) is 33.8 Å². The van der Waals surface area contributed by atoms with E-state index >= 15 is 0 Å². The maximum Gasteiger partial charge on any atom is 0.240 e. The fourth-order valence-corrected chi connectivity index (χ4v) is 3.29. The van der Waals surface area contributed by atoms with Crippen LogP contribution < -0.4 is 9.62 Å². The van der Waals surface area contributed by atoms with Crippen molar-refractivity contribution in [2.24, 2.45) is 0 Å². The number of amides is 1. The largest absolute Gasteiger partial charge is 0.352 e. The Kier molecular flexibility index (Phi) is 6.41. The van der Waals surface area contributed by atoms with Crippen molar-refractivity contribution in [3.8, 4) is 0 Å². The molecule has 0 saturated heterocycles. The van der Waals surface area contributed by atoms with E-state index in [4.69, 9.17) is 0 Å². The second-order valence-electron chi connectivity index (χ2n) is 5.87. The summed E-state index contributed by atoms with van der Waals surface area (Å²) in [7, 11) is -3.52. The molecule has 6 heteroatoms. The van der Waals surface area contributed by atoms with E-state index in [2.05, 4.69) is 5.32 Å². The molecule has 0 aliphatic carbocycles. The topological polar surface area (TPSA) is 66.5 Å². The van der Waals surface area contributed by atoms with Crippen LogP contribution in [0.15, 0.2) is 18.2 Å². The summed E-state index contributed by atoms with van der Waals surface area (Å²) in [4.78, 5) is 12.1. The summed E-state index contributed by atoms with van der Waals surface area (Å²) >= 11 is 0. The first kappa shape index (κ1) is 18.5. The molecule has 0 unspecified atom stereocenters. The van der Waals surface area contributed by atoms with Gasteiger partial charge in [-0.25, -0.2) is 8.42 Å². The highest BCUT2D eigenvalue weighted by atomic mass is 32.2. The molecule has 1 aromatic rings. The van der Waals surface area contributed by atoms with Gasteiger partial charge < -0.3 is 5.32 Å². The molecular formula is C16H26N2O3S. The van der Waals surface area contributed by atoms with E-state index in [1.165, 1.54) is 0 Å². The first-order valence-electron chi connectivity index (χ1n) is 7.49. The van der Waals surface area contributed by atoms with Gasteiger partial charge in [-0.05, 0) is 50.5 Å². The lowest BCUT2D eigenvalue weighted by molar-refractivity contribution is -0.120. The predicted molar refractivity (Wildman–Crippen MR) is 90.6 cm³/mol. The molecule has 1 amide bonds. The summed E-state index contributed by atoms with van der Waals surface area (Å²) in [5.74, 6) is -0.287. The molecule has 124 valence electrons. The van der Waals surface area contributed by atoms with Gasteiger partial charge in [0, 0.05) is 6.04 Å². The van der Waals surface area contributed by atoms with Gasteiger partial charge in [-0.2, -0.15) is 0 Å². The minimum absolute atomic E-state index is 0.0400. The Morgan fingerprint density at radius 3 is 2.23 bits per heavy atom. The number of rotatable bonds is 7. The number of nitrogens with one attached hydrogen (secondary N) is 1. The molecule has 1 aromatic carbocycles. The normalized spacial score (nSPS) is 12.8. The van der Waals surface area contributed by atoms with Crippen LogP contribution in [-0.2, 0) is 14.8 Å². The van der Waals surface area contributed by atoms with Crippen LogP contribution in [0.1, 0.15) is 37.8 Å². The molecule has 1 atom stereocenters. The molecule has 0 aliphatic heterocycles. The van der Waals surface area contributed by atoms with Crippen LogP contribution in [0.4, 0.5) is 5.69 Å². The molecule has 22 heavy (non-hydrogen) atoms. The minimum atomic E-state index is -3.52. The van der Waals surface area contributed by atoms with E-state index < -0.39 is 10.0 Å². The fraction of sp³-hybridized carbons (Fsp3) is 0.562. The number of aryl methyl sites for hydroxylation is 2. The first-order valence-corrected chi connectivity index (χ1v) is 9.33. The third-order valence-corrected chi connectivity index (χ3v) is 4.45. The number of nitrogens with zero attached hydrogens (tertiary/aromatic N) is 1. The number of carbonyl (C=O) groups excluding carboxylic acids is 1. The molecule has 0 aromatic heterocycles.